The molecule has 0 saturated carbocycles. The standard InChI is InChI=1S/C27H31NO4S.C26H29NO4S.C26H29NO2S2.C25H27NO3S/c1-15-10-19-20(27(4,5)9-8-26(19,2)3)14-17(15)18-11-16(12-21(31-6)23(18)32-7)13-22-24(29)28-25(30)33-22;1-14-9-18-19(26(4,5)8-7-25(18,2)3)12-16(14)17-10-15(20(28)13-21(17)31-6)11-22-23(29)27-24(30)32-22;1-15-11-19-20(26(4,5)10-9-25(19,2)3)14-17(15)18-12-16(7-8-21(18)29-6)13-22-23(28)27-24(30)31-22;1-14-10-18-19(25(4,5)9-8-24(18,2)3)13-16(14)17-11-15(6-7-20(17)27)12-21-22(28)26-23(29)30-21/h10-14H,8-9H2,1-7H3,(H,28,29,30);9-13,28H,7-8H2,1-6H3,(H,27,29,30);7-8,11-14H,9-10H2,1-6H3,(H,27,28,30);6-7,10-13,27H,8-9H2,1-5H3,(H,26,28,29)/b22-13-;22-11-;22-13-;21-12-. The molecule has 8 aromatic rings. The summed E-state index contributed by atoms with van der Waals surface area (Å²) in [4.78, 5) is 84.3. The number of rotatable bonds is 12. The second-order valence-electron chi connectivity index (χ2n) is 39.5. The van der Waals surface area contributed by atoms with E-state index in [2.05, 4.69) is 214 Å². The molecule has 0 bridgehead atoms. The van der Waals surface area contributed by atoms with Gasteiger partial charge in [-0.15, -0.1) is 0 Å². The highest BCUT2D eigenvalue weighted by atomic mass is 32.2. The van der Waals surface area contributed by atoms with Crippen LogP contribution in [0, 0.1) is 27.7 Å². The first kappa shape index (κ1) is 93.5. The zero-order chi connectivity index (χ0) is 91.9. The van der Waals surface area contributed by atoms with Crippen molar-refractivity contribution in [1.82, 2.24) is 21.3 Å². The molecule has 4 saturated heterocycles. The molecular weight excluding hydrogens is 1670 g/mol. The number of aryl methyl sites for hydroxylation is 4. The Bertz CT molecular complexity index is 6070. The summed E-state index contributed by atoms with van der Waals surface area (Å²) in [6.07, 6.45) is 16.0. The van der Waals surface area contributed by atoms with Gasteiger partial charge in [0.15, 0.2) is 11.5 Å². The Morgan fingerprint density at radius 3 is 0.944 bits per heavy atom. The fourth-order valence-electron chi connectivity index (χ4n) is 18.6. The predicted octanol–water partition coefficient (Wildman–Crippen LogP) is 25.0. The van der Waals surface area contributed by atoms with Crippen molar-refractivity contribution in [3.8, 4) is 79.0 Å². The first-order valence-corrected chi connectivity index (χ1v) is 46.4. The van der Waals surface area contributed by atoms with Gasteiger partial charge in [-0.1, -0.05) is 171 Å². The van der Waals surface area contributed by atoms with E-state index in [4.69, 9.17) is 31.2 Å². The van der Waals surface area contributed by atoms with Crippen LogP contribution < -0.4 is 40.2 Å². The number of carbonyl (C=O) groups is 7. The number of nitrogens with one attached hydrogen (secondary N) is 4. The van der Waals surface area contributed by atoms with Crippen LogP contribution in [-0.2, 0) is 62.5 Å². The summed E-state index contributed by atoms with van der Waals surface area (Å²) in [7, 11) is 6.52. The average molecular weight is 1790 g/mol. The fourth-order valence-corrected chi connectivity index (χ4v) is 21.6. The quantitative estimate of drug-likeness (QED) is 0.0492. The SMILES string of the molecule is COc1cc(/C=C2\SC(=O)NC2=O)cc(-c2cc3c(cc2C)C(C)(C)CCC3(C)C)c1OC.COc1cc(O)c(/C=C2\SC(=O)NC2=O)cc1-c1cc2c(cc1C)C(C)(C)CCC2(C)C.COc1ccc(/C=C2\SC(=S)NC2=O)cc1-c1cc2c(cc1C)C(C)(C)CCC2(C)C.Cc1cc2c(cc1-c1cc(/C=C3\SC(=O)NC3=O)ccc1O)C(C)(C)CCC2(C)C. The van der Waals surface area contributed by atoms with Crippen LogP contribution >= 0.6 is 59.3 Å². The first-order chi connectivity index (χ1) is 58.9. The minimum atomic E-state index is -0.453. The summed E-state index contributed by atoms with van der Waals surface area (Å²) in [5.74, 6) is 1.45. The Labute approximate surface area is 764 Å². The summed E-state index contributed by atoms with van der Waals surface area (Å²) in [6, 6.07) is 37.0. The van der Waals surface area contributed by atoms with Crippen LogP contribution in [0.3, 0.4) is 0 Å². The molecule has 4 aliphatic carbocycles. The van der Waals surface area contributed by atoms with Crippen LogP contribution in [0.1, 0.15) is 251 Å². The second kappa shape index (κ2) is 35.2. The number of methoxy groups -OCH3 is 4. The number of fused-ring (bicyclic) bond motifs is 4. The lowest BCUT2D eigenvalue weighted by Crippen LogP contribution is -2.34. The molecule has 22 heteroatoms. The molecule has 16 rings (SSSR count). The lowest BCUT2D eigenvalue weighted by Gasteiger charge is -2.42. The number of phenolic OH excluding ortho intramolecular Hbond substituents is 2. The molecular formula is C104H116N4O13S5. The predicted molar refractivity (Wildman–Crippen MR) is 521 cm³/mol. The van der Waals surface area contributed by atoms with Crippen LogP contribution in [-0.4, -0.2) is 82.3 Å². The highest BCUT2D eigenvalue weighted by Gasteiger charge is 2.43. The average Bonchev–Trinajstić information content (AvgIpc) is 0.906. The number of amides is 7. The lowest BCUT2D eigenvalue weighted by molar-refractivity contribution is -0.116. The van der Waals surface area contributed by atoms with Crippen LogP contribution in [0.15, 0.2) is 129 Å². The molecule has 4 aliphatic heterocycles. The third kappa shape index (κ3) is 19.1. The Hall–Kier alpha value is -10.1. The van der Waals surface area contributed by atoms with Crippen molar-refractivity contribution < 1.29 is 62.7 Å². The van der Waals surface area contributed by atoms with E-state index in [1.54, 1.807) is 64.9 Å². The van der Waals surface area contributed by atoms with Crippen molar-refractivity contribution in [1.29, 1.82) is 0 Å². The van der Waals surface area contributed by atoms with E-state index in [0.717, 1.165) is 152 Å². The van der Waals surface area contributed by atoms with Gasteiger partial charge in [-0.2, -0.15) is 0 Å². The fraction of sp³-hybridized carbons (Fsp3) is 0.385. The number of imide groups is 3. The summed E-state index contributed by atoms with van der Waals surface area (Å²) in [6.45, 7) is 45.5. The van der Waals surface area contributed by atoms with Gasteiger partial charge in [0.05, 0.1) is 48.1 Å². The Kier molecular flexibility index (Phi) is 26.1. The normalized spacial score (nSPS) is 20.4. The molecule has 4 fully saturated rings. The topological polar surface area (TPSA) is 245 Å². The number of benzene rings is 8. The monoisotopic (exact) mass is 1790 g/mol. The molecule has 7 amide bonds. The number of thioether (sulfide) groups is 4. The van der Waals surface area contributed by atoms with E-state index in [0.29, 0.717) is 41.8 Å². The molecule has 8 aromatic carbocycles. The van der Waals surface area contributed by atoms with Gasteiger partial charge in [0.1, 0.15) is 27.3 Å². The number of hydrogen-bond donors (Lipinski definition) is 6. The van der Waals surface area contributed by atoms with Crippen molar-refractivity contribution in [2.75, 3.05) is 28.4 Å². The molecule has 660 valence electrons. The van der Waals surface area contributed by atoms with Gasteiger partial charge in [0.25, 0.3) is 39.3 Å². The van der Waals surface area contributed by atoms with Crippen LogP contribution in [0.25, 0.3) is 68.8 Å². The maximum absolute atomic E-state index is 12.1. The number of thiocarbonyl (C=S) groups is 1. The third-order valence-corrected chi connectivity index (χ3v) is 30.4. The molecule has 4 heterocycles. The molecule has 6 N–H and O–H groups in total. The van der Waals surface area contributed by atoms with E-state index in [9.17, 15) is 43.8 Å². The number of ether oxygens (including phenoxy) is 4. The molecule has 0 aromatic heterocycles. The van der Waals surface area contributed by atoms with Crippen LogP contribution in [0.4, 0.5) is 14.4 Å². The van der Waals surface area contributed by atoms with E-state index in [1.807, 2.05) is 42.5 Å². The molecule has 0 unspecified atom stereocenters. The van der Waals surface area contributed by atoms with Gasteiger partial charge >= 0.3 is 0 Å². The second-order valence-corrected chi connectivity index (χ2v) is 44.2. The third-order valence-electron chi connectivity index (χ3n) is 26.8. The molecule has 0 atom stereocenters. The summed E-state index contributed by atoms with van der Waals surface area (Å²) >= 11 is 9.05. The van der Waals surface area contributed by atoms with Crippen molar-refractivity contribution in [2.24, 2.45) is 0 Å². The largest absolute Gasteiger partial charge is 0.507 e. The number of phenols is 2. The Morgan fingerprint density at radius 1 is 0.302 bits per heavy atom. The molecule has 126 heavy (non-hydrogen) atoms. The number of carbonyl (C=O) groups excluding carboxylic acids is 7. The summed E-state index contributed by atoms with van der Waals surface area (Å²) in [5.41, 5.74) is 27.4. The zero-order valence-electron chi connectivity index (χ0n) is 76.8. The summed E-state index contributed by atoms with van der Waals surface area (Å²) in [5, 5.41) is 29.6. The van der Waals surface area contributed by atoms with Crippen LogP contribution in [0.5, 0.6) is 34.5 Å². The smallest absolute Gasteiger partial charge is 0.290 e. The van der Waals surface area contributed by atoms with Crippen molar-refractivity contribution in [2.45, 2.75) is 233 Å². The maximum atomic E-state index is 12.1. The van der Waals surface area contributed by atoms with Gasteiger partial charge in [0, 0.05) is 33.9 Å². The zero-order valence-corrected chi connectivity index (χ0v) is 80.9. The number of aromatic hydroxyl groups is 2. The minimum absolute atomic E-state index is 0.0112. The van der Waals surface area contributed by atoms with Gasteiger partial charge in [-0.05, 0) is 354 Å². The van der Waals surface area contributed by atoms with E-state index < -0.39 is 11.1 Å². The van der Waals surface area contributed by atoms with Gasteiger partial charge < -0.3 is 34.5 Å². The molecule has 17 nitrogen and oxygen atoms in total. The van der Waals surface area contributed by atoms with Crippen molar-refractivity contribution in [3.63, 3.8) is 0 Å². The van der Waals surface area contributed by atoms with Crippen LogP contribution in [0.2, 0.25) is 0 Å². The molecule has 0 radical (unpaired) electrons. The van der Waals surface area contributed by atoms with E-state index >= 15 is 0 Å². The van der Waals surface area contributed by atoms with E-state index in [1.165, 1.54) is 80.2 Å². The Balaban J connectivity index is 0.000000144. The van der Waals surface area contributed by atoms with Gasteiger partial charge in [0.2, 0.25) is 0 Å². The summed E-state index contributed by atoms with van der Waals surface area (Å²) < 4.78 is 23.3. The van der Waals surface area contributed by atoms with Crippen molar-refractivity contribution >= 4 is 127 Å². The minimum Gasteiger partial charge on any atom is -0.507 e. The first-order valence-electron chi connectivity index (χ1n) is 42.7. The van der Waals surface area contributed by atoms with Crippen molar-refractivity contribution in [3.05, 3.63) is 218 Å². The lowest BCUT2D eigenvalue weighted by atomic mass is 9.62. The Morgan fingerprint density at radius 2 is 0.603 bits per heavy atom. The highest BCUT2D eigenvalue weighted by Crippen LogP contribution is 2.55. The van der Waals surface area contributed by atoms with E-state index in [-0.39, 0.29) is 87.9 Å². The van der Waals surface area contributed by atoms with Gasteiger partial charge in [-0.3, -0.25) is 49.5 Å². The van der Waals surface area contributed by atoms with Gasteiger partial charge in [-0.25, -0.2) is 0 Å². The number of hydrogen-bond acceptors (Lipinski definition) is 18. The highest BCUT2D eigenvalue weighted by molar-refractivity contribution is 8.27. The maximum Gasteiger partial charge on any atom is 0.290 e. The molecule has 0 spiro atoms. The molecule has 8 aliphatic rings.